The van der Waals surface area contributed by atoms with Gasteiger partial charge in [0.05, 0.1) is 6.61 Å². The third kappa shape index (κ3) is 3.68. The second kappa shape index (κ2) is 5.41. The number of hydrogen-bond acceptors (Lipinski definition) is 3. The van der Waals surface area contributed by atoms with E-state index < -0.39 is 14.1 Å². The van der Waals surface area contributed by atoms with E-state index in [4.69, 9.17) is 13.9 Å². The lowest BCUT2D eigenvalue weighted by Gasteiger charge is -2.41. The molecule has 0 radical (unpaired) electrons. The Bertz CT molecular complexity index is 503. The first-order chi connectivity index (χ1) is 9.52. The van der Waals surface area contributed by atoms with E-state index in [-0.39, 0.29) is 11.1 Å². The van der Waals surface area contributed by atoms with Crippen LogP contribution in [-0.4, -0.2) is 20.7 Å². The molecule has 0 aliphatic carbocycles. The van der Waals surface area contributed by atoms with Crippen LogP contribution < -0.4 is 4.74 Å². The summed E-state index contributed by atoms with van der Waals surface area (Å²) >= 11 is 0. The molecule has 0 saturated carbocycles. The molecule has 0 spiro atoms. The minimum atomic E-state index is -1.78. The number of benzene rings is 1. The number of para-hydroxylation sites is 1. The monoisotopic (exact) mass is 308 g/mol. The minimum absolute atomic E-state index is 0.0703. The van der Waals surface area contributed by atoms with Crippen LogP contribution in [0.2, 0.25) is 18.1 Å². The van der Waals surface area contributed by atoms with Gasteiger partial charge in [-0.2, -0.15) is 0 Å². The fraction of sp³-hybridized carbons (Fsp3) is 0.647. The van der Waals surface area contributed by atoms with Crippen LogP contribution in [0.15, 0.2) is 24.3 Å². The van der Waals surface area contributed by atoms with Crippen molar-refractivity contribution < 1.29 is 13.9 Å². The van der Waals surface area contributed by atoms with Crippen LogP contribution in [0.1, 0.15) is 46.3 Å². The molecule has 2 rings (SSSR count). The van der Waals surface area contributed by atoms with E-state index in [1.165, 1.54) is 0 Å². The minimum Gasteiger partial charge on any atom is -0.463 e. The maximum atomic E-state index is 6.34. The molecule has 4 heteroatoms. The zero-order valence-electron chi connectivity index (χ0n) is 14.3. The van der Waals surface area contributed by atoms with Gasteiger partial charge in [0.15, 0.2) is 8.32 Å². The van der Waals surface area contributed by atoms with E-state index in [0.717, 1.165) is 11.3 Å². The Hall–Kier alpha value is -0.843. The number of ether oxygens (including phenoxy) is 2. The van der Waals surface area contributed by atoms with E-state index in [0.29, 0.717) is 6.61 Å². The first-order valence-electron chi connectivity index (χ1n) is 7.62. The average molecular weight is 308 g/mol. The Morgan fingerprint density at radius 1 is 1.19 bits per heavy atom. The van der Waals surface area contributed by atoms with Crippen LogP contribution in [0.4, 0.5) is 0 Å². The Kier molecular flexibility index (Phi) is 4.26. The molecule has 21 heavy (non-hydrogen) atoms. The van der Waals surface area contributed by atoms with Crippen molar-refractivity contribution in [2.24, 2.45) is 0 Å². The van der Waals surface area contributed by atoms with Crippen LogP contribution in [0, 0.1) is 0 Å². The van der Waals surface area contributed by atoms with E-state index in [1.807, 2.05) is 32.0 Å². The molecule has 0 amide bonds. The topological polar surface area (TPSA) is 27.7 Å². The van der Waals surface area contributed by atoms with Crippen molar-refractivity contribution in [3.8, 4) is 5.75 Å². The molecule has 1 atom stereocenters. The molecule has 0 unspecified atom stereocenters. The summed E-state index contributed by atoms with van der Waals surface area (Å²) in [6.07, 6.45) is -0.0703. The van der Waals surface area contributed by atoms with Gasteiger partial charge in [0.25, 0.3) is 0 Å². The maximum absolute atomic E-state index is 6.34. The summed E-state index contributed by atoms with van der Waals surface area (Å²) in [4.78, 5) is 0. The van der Waals surface area contributed by atoms with Crippen LogP contribution >= 0.6 is 0 Å². The van der Waals surface area contributed by atoms with E-state index >= 15 is 0 Å². The molecule has 1 aromatic carbocycles. The van der Waals surface area contributed by atoms with Crippen molar-refractivity contribution in [1.82, 2.24) is 0 Å². The summed E-state index contributed by atoms with van der Waals surface area (Å²) in [7, 11) is -1.78. The van der Waals surface area contributed by atoms with Crippen molar-refractivity contribution in [2.45, 2.75) is 64.6 Å². The molecule has 0 fully saturated rings. The zero-order valence-corrected chi connectivity index (χ0v) is 15.3. The molecule has 0 aromatic heterocycles. The quantitative estimate of drug-likeness (QED) is 0.744. The first-order valence-corrected chi connectivity index (χ1v) is 10.5. The third-order valence-corrected chi connectivity index (χ3v) is 8.95. The Labute approximate surface area is 129 Å². The van der Waals surface area contributed by atoms with Crippen LogP contribution in [-0.2, 0) is 9.16 Å². The highest BCUT2D eigenvalue weighted by molar-refractivity contribution is 6.74. The van der Waals surface area contributed by atoms with Gasteiger partial charge in [0.2, 0.25) is 5.79 Å². The van der Waals surface area contributed by atoms with Gasteiger partial charge in [0, 0.05) is 19.4 Å². The number of hydrogen-bond donors (Lipinski definition) is 0. The van der Waals surface area contributed by atoms with Gasteiger partial charge in [-0.1, -0.05) is 39.0 Å². The highest BCUT2D eigenvalue weighted by Gasteiger charge is 2.40. The molecule has 118 valence electrons. The van der Waals surface area contributed by atoms with Gasteiger partial charge in [-0.05, 0) is 24.2 Å². The molecule has 1 aliphatic heterocycles. The van der Waals surface area contributed by atoms with Crippen LogP contribution in [0.5, 0.6) is 5.75 Å². The first kappa shape index (κ1) is 16.5. The fourth-order valence-corrected chi connectivity index (χ4v) is 3.16. The second-order valence-corrected chi connectivity index (χ2v) is 12.5. The predicted molar refractivity (Wildman–Crippen MR) is 88.1 cm³/mol. The highest BCUT2D eigenvalue weighted by Crippen LogP contribution is 2.41. The van der Waals surface area contributed by atoms with Gasteiger partial charge in [-0.3, -0.25) is 0 Å². The molecular weight excluding hydrogens is 280 g/mol. The second-order valence-electron chi connectivity index (χ2n) is 7.72. The summed E-state index contributed by atoms with van der Waals surface area (Å²) in [5.74, 6) is 0.285. The summed E-state index contributed by atoms with van der Waals surface area (Å²) in [6.45, 7) is 15.8. The highest BCUT2D eigenvalue weighted by atomic mass is 28.4. The number of rotatable bonds is 3. The molecule has 3 nitrogen and oxygen atoms in total. The van der Waals surface area contributed by atoms with E-state index in [9.17, 15) is 0 Å². The lowest BCUT2D eigenvalue weighted by atomic mass is 10.1. The fourth-order valence-electron chi connectivity index (χ4n) is 2.16. The van der Waals surface area contributed by atoms with Gasteiger partial charge in [-0.15, -0.1) is 0 Å². The van der Waals surface area contributed by atoms with Crippen molar-refractivity contribution in [1.29, 1.82) is 0 Å². The molecule has 1 aromatic rings. The average Bonchev–Trinajstić information content (AvgIpc) is 2.33. The standard InChI is InChI=1S/C17H28O3Si/c1-16(2,3)21(6,7)18-12-15-13-10-8-9-11-14(13)19-17(4,5)20-15/h8-11,15H,12H2,1-7H3/t15-/m0/s1. The van der Waals surface area contributed by atoms with Crippen molar-refractivity contribution in [3.63, 3.8) is 0 Å². The molecule has 1 aliphatic rings. The summed E-state index contributed by atoms with van der Waals surface area (Å²) in [5, 5.41) is 0.202. The Morgan fingerprint density at radius 2 is 1.81 bits per heavy atom. The van der Waals surface area contributed by atoms with E-state index in [1.54, 1.807) is 0 Å². The molecular formula is C17H28O3Si. The lowest BCUT2D eigenvalue weighted by molar-refractivity contribution is -0.213. The molecule has 0 bridgehead atoms. The largest absolute Gasteiger partial charge is 0.463 e. The number of fused-ring (bicyclic) bond motifs is 1. The van der Waals surface area contributed by atoms with Crippen molar-refractivity contribution >= 4 is 8.32 Å². The summed E-state index contributed by atoms with van der Waals surface area (Å²) < 4.78 is 18.3. The summed E-state index contributed by atoms with van der Waals surface area (Å²) in [5.41, 5.74) is 1.08. The summed E-state index contributed by atoms with van der Waals surface area (Å²) in [6, 6.07) is 8.07. The zero-order chi connectivity index (χ0) is 15.9. The van der Waals surface area contributed by atoms with Gasteiger partial charge in [-0.25, -0.2) is 0 Å². The molecule has 0 N–H and O–H groups in total. The third-order valence-electron chi connectivity index (χ3n) is 4.45. The lowest BCUT2D eigenvalue weighted by Crippen LogP contribution is -2.44. The maximum Gasteiger partial charge on any atom is 0.205 e. The van der Waals surface area contributed by atoms with Gasteiger partial charge < -0.3 is 13.9 Å². The van der Waals surface area contributed by atoms with Crippen molar-refractivity contribution in [2.75, 3.05) is 6.61 Å². The Balaban J connectivity index is 2.17. The molecule has 0 saturated heterocycles. The Morgan fingerprint density at radius 3 is 2.43 bits per heavy atom. The van der Waals surface area contributed by atoms with Crippen molar-refractivity contribution in [3.05, 3.63) is 29.8 Å². The SMILES string of the molecule is CC1(C)Oc2ccccc2[C@H](CO[Si](C)(C)C(C)(C)C)O1. The van der Waals surface area contributed by atoms with Crippen LogP contribution in [0.3, 0.4) is 0 Å². The van der Waals surface area contributed by atoms with E-state index in [2.05, 4.69) is 39.9 Å². The predicted octanol–water partition coefficient (Wildman–Crippen LogP) is 4.89. The van der Waals surface area contributed by atoms with Gasteiger partial charge in [0.1, 0.15) is 11.9 Å². The van der Waals surface area contributed by atoms with Gasteiger partial charge >= 0.3 is 0 Å². The van der Waals surface area contributed by atoms with Crippen LogP contribution in [0.25, 0.3) is 0 Å². The molecule has 1 heterocycles. The smallest absolute Gasteiger partial charge is 0.205 e. The normalized spacial score (nSPS) is 21.6.